The molecule has 1 aromatic heterocycles. The third-order valence-corrected chi connectivity index (χ3v) is 4.36. The van der Waals surface area contributed by atoms with Gasteiger partial charge in [-0.05, 0) is 0 Å². The molecule has 0 spiro atoms. The summed E-state index contributed by atoms with van der Waals surface area (Å²) in [5.74, 6) is -0.781. The zero-order chi connectivity index (χ0) is 10.1. The molecule has 2 rings (SSSR count). The third kappa shape index (κ3) is 2.48. The fraction of sp³-hybridized carbons (Fsp3) is 0.200. The second-order valence-electron chi connectivity index (χ2n) is 3.07. The minimum Gasteiger partial charge on any atom is -1.00 e. The van der Waals surface area contributed by atoms with Crippen LogP contribution in [0.1, 0.15) is 4.57 Å². The van der Waals surface area contributed by atoms with Gasteiger partial charge in [-0.1, -0.05) is 0 Å². The summed E-state index contributed by atoms with van der Waals surface area (Å²) in [5.41, 5.74) is 1.06. The number of fused-ring (bicyclic) bond motifs is 1. The number of benzene rings is 1. The van der Waals surface area contributed by atoms with Gasteiger partial charge in [-0.3, -0.25) is 0 Å². The van der Waals surface area contributed by atoms with Crippen molar-refractivity contribution in [2.75, 3.05) is 0 Å². The second kappa shape index (κ2) is 4.92. The first kappa shape index (κ1) is 12.4. The molecule has 0 aliphatic carbocycles. The normalized spacial score (nSPS) is 9.93. The van der Waals surface area contributed by atoms with Crippen LogP contribution in [0.2, 0.25) is 0 Å². The van der Waals surface area contributed by atoms with Crippen molar-refractivity contribution >= 4 is 30.2 Å². The third-order valence-electron chi connectivity index (χ3n) is 2.09. The summed E-state index contributed by atoms with van der Waals surface area (Å²) >= 11 is 0.298. The van der Waals surface area contributed by atoms with Gasteiger partial charge in [-0.25, -0.2) is 0 Å². The monoisotopic (exact) mass is 335 g/mol. The van der Waals surface area contributed by atoms with E-state index in [9.17, 15) is 4.79 Å². The molecule has 0 saturated carbocycles. The van der Waals surface area contributed by atoms with Gasteiger partial charge in [0.15, 0.2) is 0 Å². The van der Waals surface area contributed by atoms with Crippen molar-refractivity contribution in [3.8, 4) is 0 Å². The molecule has 0 radical (unpaired) electrons. The van der Waals surface area contributed by atoms with Crippen molar-refractivity contribution in [1.29, 1.82) is 0 Å². The standard InChI is InChI=1S/C10H9NO2Se.BrH/c1-7-11(6-10(12)13)8-4-2-3-5-9(8)14-7;/h2-5H,6H2,1H3;1H. The van der Waals surface area contributed by atoms with E-state index in [1.807, 2.05) is 29.7 Å². The van der Waals surface area contributed by atoms with Crippen molar-refractivity contribution in [2.24, 2.45) is 0 Å². The number of hydrogen-bond donors (Lipinski definition) is 1. The van der Waals surface area contributed by atoms with Crippen molar-refractivity contribution < 1.29 is 31.4 Å². The molecule has 1 N–H and O–H groups in total. The summed E-state index contributed by atoms with van der Waals surface area (Å²) in [5, 5.41) is 8.77. The first-order valence-electron chi connectivity index (χ1n) is 4.28. The molecule has 0 unspecified atom stereocenters. The molecule has 0 aliphatic rings. The molecular weight excluding hydrogens is 325 g/mol. The Morgan fingerprint density at radius 2 is 2.13 bits per heavy atom. The van der Waals surface area contributed by atoms with Crippen molar-refractivity contribution in [3.05, 3.63) is 28.8 Å². The van der Waals surface area contributed by atoms with E-state index < -0.39 is 5.97 Å². The van der Waals surface area contributed by atoms with Crippen LogP contribution in [0.25, 0.3) is 9.78 Å². The molecular formula is C10H10BrNO2Se. The maximum Gasteiger partial charge on any atom is -1.00 e. The molecule has 2 aromatic rings. The van der Waals surface area contributed by atoms with E-state index in [1.54, 1.807) is 0 Å². The predicted octanol–water partition coefficient (Wildman–Crippen LogP) is -2.42. The van der Waals surface area contributed by atoms with Crippen molar-refractivity contribution in [2.45, 2.75) is 13.5 Å². The molecule has 15 heavy (non-hydrogen) atoms. The molecule has 0 fully saturated rings. The van der Waals surface area contributed by atoms with Crippen molar-refractivity contribution in [3.63, 3.8) is 0 Å². The first-order valence-corrected chi connectivity index (χ1v) is 5.99. The van der Waals surface area contributed by atoms with Crippen LogP contribution in [0.5, 0.6) is 0 Å². The summed E-state index contributed by atoms with van der Waals surface area (Å²) in [6, 6.07) is 8.00. The number of halogens is 1. The number of para-hydroxylation sites is 1. The fourth-order valence-corrected chi connectivity index (χ4v) is 3.62. The topological polar surface area (TPSA) is 41.2 Å². The van der Waals surface area contributed by atoms with Crippen LogP contribution >= 0.6 is 0 Å². The van der Waals surface area contributed by atoms with Crippen LogP contribution in [-0.4, -0.2) is 25.6 Å². The van der Waals surface area contributed by atoms with Gasteiger partial charge in [-0.2, -0.15) is 0 Å². The quantitative estimate of drug-likeness (QED) is 0.490. The number of aromatic nitrogens is 1. The number of hydrogen-bond acceptors (Lipinski definition) is 1. The minimum atomic E-state index is -0.781. The Kier molecular flexibility index (Phi) is 4.08. The molecule has 5 heteroatoms. The van der Waals surface area contributed by atoms with Gasteiger partial charge in [0.25, 0.3) is 0 Å². The first-order chi connectivity index (χ1) is 6.68. The molecule has 1 aromatic carbocycles. The average molecular weight is 335 g/mol. The molecule has 0 bridgehead atoms. The predicted molar refractivity (Wildman–Crippen MR) is 53.5 cm³/mol. The van der Waals surface area contributed by atoms with Crippen LogP contribution < -0.4 is 21.5 Å². The number of rotatable bonds is 2. The van der Waals surface area contributed by atoms with E-state index in [0.717, 1.165) is 5.52 Å². The molecule has 0 aliphatic heterocycles. The Labute approximate surface area is 104 Å². The van der Waals surface area contributed by atoms with Crippen LogP contribution in [0.4, 0.5) is 0 Å². The number of aliphatic carboxylic acids is 1. The largest absolute Gasteiger partial charge is 1.00 e. The van der Waals surface area contributed by atoms with Gasteiger partial charge < -0.3 is 17.0 Å². The Bertz CT molecular complexity index is 495. The van der Waals surface area contributed by atoms with E-state index in [0.29, 0.717) is 14.5 Å². The maximum absolute atomic E-state index is 10.7. The molecule has 80 valence electrons. The summed E-state index contributed by atoms with van der Waals surface area (Å²) in [4.78, 5) is 10.7. The SMILES string of the molecule is Cc1[se]c2ccccc2[n+]1CC(=O)O.[Br-]. The summed E-state index contributed by atoms with van der Waals surface area (Å²) in [7, 11) is 0. The Morgan fingerprint density at radius 3 is 2.80 bits per heavy atom. The maximum atomic E-state index is 10.7. The molecule has 0 saturated heterocycles. The van der Waals surface area contributed by atoms with Crippen LogP contribution in [0.15, 0.2) is 24.3 Å². The van der Waals surface area contributed by atoms with E-state index in [4.69, 9.17) is 5.11 Å². The zero-order valence-corrected chi connectivity index (χ0v) is 11.4. The van der Waals surface area contributed by atoms with Gasteiger partial charge in [0.1, 0.15) is 0 Å². The number of aryl methyl sites for hydroxylation is 1. The van der Waals surface area contributed by atoms with Crippen LogP contribution in [-0.2, 0) is 11.3 Å². The average Bonchev–Trinajstić information content (AvgIpc) is 2.43. The number of carboxylic acids is 1. The van der Waals surface area contributed by atoms with Crippen LogP contribution in [0, 0.1) is 6.92 Å². The minimum absolute atomic E-state index is 0. The fourth-order valence-electron chi connectivity index (χ4n) is 1.48. The van der Waals surface area contributed by atoms with E-state index >= 15 is 0 Å². The molecule has 3 nitrogen and oxygen atoms in total. The summed E-state index contributed by atoms with van der Waals surface area (Å²) in [6.07, 6.45) is 0. The second-order valence-corrected chi connectivity index (χ2v) is 5.66. The Balaban J connectivity index is 0.00000112. The number of nitrogens with zero attached hydrogens (tertiary/aromatic N) is 1. The summed E-state index contributed by atoms with van der Waals surface area (Å²) < 4.78 is 4.33. The smallest absolute Gasteiger partial charge is 1.00 e. The van der Waals surface area contributed by atoms with Crippen molar-refractivity contribution in [1.82, 2.24) is 0 Å². The van der Waals surface area contributed by atoms with E-state index in [1.165, 1.54) is 8.83 Å². The van der Waals surface area contributed by atoms with Gasteiger partial charge in [-0.15, -0.1) is 0 Å². The zero-order valence-electron chi connectivity index (χ0n) is 8.11. The summed E-state index contributed by atoms with van der Waals surface area (Å²) in [6.45, 7) is 2.08. The Morgan fingerprint density at radius 1 is 1.47 bits per heavy atom. The molecule has 0 atom stereocenters. The van der Waals surface area contributed by atoms with E-state index in [-0.39, 0.29) is 23.5 Å². The molecule has 1 heterocycles. The number of carbonyl (C=O) groups is 1. The van der Waals surface area contributed by atoms with Gasteiger partial charge >= 0.3 is 87.0 Å². The Hall–Kier alpha value is -0.641. The van der Waals surface area contributed by atoms with E-state index in [2.05, 4.69) is 6.07 Å². The van der Waals surface area contributed by atoms with Crippen LogP contribution in [0.3, 0.4) is 0 Å². The number of carboxylic acid groups (broad SMARTS) is 1. The van der Waals surface area contributed by atoms with Gasteiger partial charge in [0.05, 0.1) is 0 Å². The van der Waals surface area contributed by atoms with Gasteiger partial charge in [0.2, 0.25) is 0 Å². The van der Waals surface area contributed by atoms with Gasteiger partial charge in [0, 0.05) is 0 Å². The molecule has 0 amide bonds.